The van der Waals surface area contributed by atoms with Crippen LogP contribution >= 0.6 is 11.6 Å². The average Bonchev–Trinajstić information content (AvgIpc) is 3.19. The highest BCUT2D eigenvalue weighted by Crippen LogP contribution is 2.40. The van der Waals surface area contributed by atoms with Crippen LogP contribution in [0.4, 0.5) is 11.4 Å². The van der Waals surface area contributed by atoms with Gasteiger partial charge in [0.1, 0.15) is 0 Å². The molecule has 0 unspecified atom stereocenters. The van der Waals surface area contributed by atoms with Gasteiger partial charge >= 0.3 is 0 Å². The second-order valence-electron chi connectivity index (χ2n) is 9.69. The first-order valence-corrected chi connectivity index (χ1v) is 13.1. The summed E-state index contributed by atoms with van der Waals surface area (Å²) < 4.78 is 2.11. The molecule has 1 aliphatic heterocycles. The summed E-state index contributed by atoms with van der Waals surface area (Å²) in [4.78, 5) is 18.0. The molecule has 6 heteroatoms. The van der Waals surface area contributed by atoms with E-state index in [1.165, 1.54) is 16.9 Å². The maximum atomic E-state index is 13.1. The smallest absolute Gasteiger partial charge is 0.253 e. The molecule has 0 atom stereocenters. The number of piperazine rings is 1. The molecular weight excluding hydrogens is 480 g/mol. The van der Waals surface area contributed by atoms with Gasteiger partial charge in [-0.1, -0.05) is 53.6 Å². The Labute approximate surface area is 224 Å². The molecule has 4 aromatic rings. The number of benzene rings is 3. The highest BCUT2D eigenvalue weighted by molar-refractivity contribution is 6.30. The van der Waals surface area contributed by atoms with Crippen LogP contribution < -0.4 is 15.1 Å². The van der Waals surface area contributed by atoms with Gasteiger partial charge in [0.2, 0.25) is 0 Å². The Morgan fingerprint density at radius 2 is 1.43 bits per heavy atom. The molecule has 37 heavy (non-hydrogen) atoms. The minimum Gasteiger partial charge on any atom is -0.368 e. The average molecular weight is 513 g/mol. The van der Waals surface area contributed by atoms with Crippen LogP contribution in [0.3, 0.4) is 0 Å². The molecule has 1 amide bonds. The number of halogens is 1. The molecule has 1 fully saturated rings. The van der Waals surface area contributed by atoms with Gasteiger partial charge in [-0.15, -0.1) is 0 Å². The van der Waals surface area contributed by atoms with Crippen LogP contribution in [0, 0.1) is 13.8 Å². The van der Waals surface area contributed by atoms with Crippen LogP contribution in [0.5, 0.6) is 0 Å². The van der Waals surface area contributed by atoms with Crippen molar-refractivity contribution in [2.45, 2.75) is 13.8 Å². The fourth-order valence-corrected chi connectivity index (χ4v) is 5.39. The van der Waals surface area contributed by atoms with Gasteiger partial charge in [-0.05, 0) is 61.4 Å². The predicted molar refractivity (Wildman–Crippen MR) is 155 cm³/mol. The van der Waals surface area contributed by atoms with E-state index in [-0.39, 0.29) is 5.91 Å². The Morgan fingerprint density at radius 1 is 0.811 bits per heavy atom. The zero-order valence-corrected chi connectivity index (χ0v) is 22.6. The van der Waals surface area contributed by atoms with E-state index in [1.807, 2.05) is 38.2 Å². The lowest BCUT2D eigenvalue weighted by Gasteiger charge is -2.37. The summed E-state index contributed by atoms with van der Waals surface area (Å²) in [6.45, 7) is 7.95. The molecule has 5 rings (SSSR count). The molecule has 190 valence electrons. The Bertz CT molecular complexity index is 1420. The summed E-state index contributed by atoms with van der Waals surface area (Å²) in [7, 11) is 3.70. The minimum absolute atomic E-state index is 0.0829. The van der Waals surface area contributed by atoms with Crippen LogP contribution in [0.15, 0.2) is 72.8 Å². The number of nitrogens with zero attached hydrogens (tertiary/aromatic N) is 3. The van der Waals surface area contributed by atoms with Gasteiger partial charge in [-0.25, -0.2) is 0 Å². The van der Waals surface area contributed by atoms with E-state index in [9.17, 15) is 4.79 Å². The lowest BCUT2D eigenvalue weighted by molar-refractivity contribution is 0.0963. The number of carbonyl (C=O) groups is 1. The van der Waals surface area contributed by atoms with Crippen LogP contribution in [-0.2, 0) is 7.05 Å². The summed E-state index contributed by atoms with van der Waals surface area (Å²) in [5.74, 6) is -0.0829. The monoisotopic (exact) mass is 512 g/mol. The third-order valence-corrected chi connectivity index (χ3v) is 7.69. The van der Waals surface area contributed by atoms with E-state index in [4.69, 9.17) is 11.6 Å². The summed E-state index contributed by atoms with van der Waals surface area (Å²) in [6, 6.07) is 25.2. The number of rotatable bonds is 5. The summed E-state index contributed by atoms with van der Waals surface area (Å²) in [5.41, 5.74) is 9.38. The van der Waals surface area contributed by atoms with Crippen LogP contribution in [0.1, 0.15) is 21.6 Å². The number of aryl methyl sites for hydroxylation is 1. The number of hydrogen-bond acceptors (Lipinski definition) is 3. The molecule has 0 aliphatic carbocycles. The topological polar surface area (TPSA) is 40.5 Å². The van der Waals surface area contributed by atoms with Gasteiger partial charge in [0.25, 0.3) is 5.91 Å². The van der Waals surface area contributed by atoms with Gasteiger partial charge in [-0.3, -0.25) is 4.79 Å². The van der Waals surface area contributed by atoms with Crippen molar-refractivity contribution >= 4 is 28.9 Å². The second-order valence-corrected chi connectivity index (χ2v) is 10.1. The molecule has 1 N–H and O–H groups in total. The van der Waals surface area contributed by atoms with Crippen molar-refractivity contribution in [3.8, 4) is 22.4 Å². The Balaban J connectivity index is 1.51. The number of carbonyl (C=O) groups excluding carboxylic acids is 1. The van der Waals surface area contributed by atoms with Crippen LogP contribution in [0.2, 0.25) is 5.02 Å². The largest absolute Gasteiger partial charge is 0.368 e. The van der Waals surface area contributed by atoms with Crippen molar-refractivity contribution in [1.82, 2.24) is 9.88 Å². The van der Waals surface area contributed by atoms with Crippen LogP contribution in [-0.4, -0.2) is 43.7 Å². The van der Waals surface area contributed by atoms with Gasteiger partial charge < -0.3 is 19.7 Å². The third-order valence-electron chi connectivity index (χ3n) is 7.44. The highest BCUT2D eigenvalue weighted by Gasteiger charge is 2.26. The van der Waals surface area contributed by atoms with Gasteiger partial charge in [0.15, 0.2) is 0 Å². The molecule has 0 spiro atoms. The second kappa shape index (κ2) is 10.3. The zero-order valence-electron chi connectivity index (χ0n) is 21.9. The number of hydrogen-bond donors (Lipinski definition) is 1. The summed E-state index contributed by atoms with van der Waals surface area (Å²) in [6.07, 6.45) is 0. The first kappa shape index (κ1) is 25.0. The Morgan fingerprint density at radius 3 is 2.05 bits per heavy atom. The van der Waals surface area contributed by atoms with Crippen molar-refractivity contribution in [2.24, 2.45) is 7.05 Å². The van der Waals surface area contributed by atoms with E-state index in [1.54, 1.807) is 7.05 Å². The Hall–Kier alpha value is -3.70. The van der Waals surface area contributed by atoms with E-state index >= 15 is 0 Å². The highest BCUT2D eigenvalue weighted by atomic mass is 35.5. The SMILES string of the molecule is CNC(=O)c1c(-c2cccc(N3CCN(c4ccc(C)cc4)CC3)c2)c(-c2ccc(Cl)cc2)n(C)c1C. The number of nitrogens with one attached hydrogen (secondary N) is 1. The summed E-state index contributed by atoms with van der Waals surface area (Å²) in [5, 5.41) is 3.54. The molecule has 1 aromatic heterocycles. The maximum absolute atomic E-state index is 13.1. The van der Waals surface area contributed by atoms with Crippen molar-refractivity contribution in [2.75, 3.05) is 43.0 Å². The minimum atomic E-state index is -0.0829. The quantitative estimate of drug-likeness (QED) is 0.340. The van der Waals surface area contributed by atoms with Crippen molar-refractivity contribution in [1.29, 1.82) is 0 Å². The van der Waals surface area contributed by atoms with Crippen molar-refractivity contribution in [3.05, 3.63) is 94.6 Å². The molecule has 0 saturated carbocycles. The standard InChI is InChI=1S/C31H33ClN4O/c1-21-8-14-26(15-9-21)35-16-18-36(19-17-35)27-7-5-6-24(20-27)29-28(31(37)33-3)22(2)34(4)30(29)23-10-12-25(32)13-11-23/h5-15,20H,16-19H2,1-4H3,(H,33,37). The maximum Gasteiger partial charge on any atom is 0.253 e. The van der Waals surface area contributed by atoms with Crippen molar-refractivity contribution in [3.63, 3.8) is 0 Å². The van der Waals surface area contributed by atoms with Crippen molar-refractivity contribution < 1.29 is 4.79 Å². The van der Waals surface area contributed by atoms with E-state index in [2.05, 4.69) is 75.1 Å². The summed E-state index contributed by atoms with van der Waals surface area (Å²) >= 11 is 6.19. The van der Waals surface area contributed by atoms with E-state index in [0.717, 1.165) is 54.3 Å². The fourth-order valence-electron chi connectivity index (χ4n) is 5.27. The molecule has 3 aromatic carbocycles. The molecule has 1 aliphatic rings. The Kier molecular flexibility index (Phi) is 6.98. The number of amides is 1. The number of anilines is 2. The van der Waals surface area contributed by atoms with Crippen LogP contribution in [0.25, 0.3) is 22.4 Å². The molecule has 0 radical (unpaired) electrons. The number of aromatic nitrogens is 1. The normalized spacial score (nSPS) is 13.6. The van der Waals surface area contributed by atoms with Gasteiger partial charge in [0, 0.05) is 67.9 Å². The van der Waals surface area contributed by atoms with E-state index in [0.29, 0.717) is 10.6 Å². The van der Waals surface area contributed by atoms with Gasteiger partial charge in [-0.2, -0.15) is 0 Å². The molecule has 2 heterocycles. The fraction of sp³-hybridized carbons (Fsp3) is 0.258. The predicted octanol–water partition coefficient (Wildman–Crippen LogP) is 6.32. The first-order valence-electron chi connectivity index (χ1n) is 12.7. The molecule has 5 nitrogen and oxygen atoms in total. The third kappa shape index (κ3) is 4.84. The first-order chi connectivity index (χ1) is 17.9. The lowest BCUT2D eigenvalue weighted by atomic mass is 9.96. The molecular formula is C31H33ClN4O. The molecule has 0 bridgehead atoms. The molecule has 1 saturated heterocycles. The zero-order chi connectivity index (χ0) is 26.1. The van der Waals surface area contributed by atoms with Gasteiger partial charge in [0.05, 0.1) is 11.3 Å². The lowest BCUT2D eigenvalue weighted by Crippen LogP contribution is -2.46. The van der Waals surface area contributed by atoms with E-state index < -0.39 is 0 Å².